The van der Waals surface area contributed by atoms with Crippen LogP contribution < -0.4 is 15.2 Å². The van der Waals surface area contributed by atoms with Crippen LogP contribution in [0.15, 0.2) is 30.6 Å². The van der Waals surface area contributed by atoms with Crippen LogP contribution in [0.25, 0.3) is 0 Å². The number of hydrogen-bond donors (Lipinski definition) is 1. The van der Waals surface area contributed by atoms with Crippen molar-refractivity contribution in [2.45, 2.75) is 0 Å². The average Bonchev–Trinajstić information content (AvgIpc) is 2.29. The number of ether oxygens (including phenoxy) is 2. The molecule has 1 heterocycles. The van der Waals surface area contributed by atoms with E-state index in [0.717, 1.165) is 0 Å². The van der Waals surface area contributed by atoms with Gasteiger partial charge in [0, 0.05) is 5.02 Å². The molecule has 2 N–H and O–H groups in total. The number of hydrogen-bond acceptors (Lipinski definition) is 5. The Kier molecular flexibility index (Phi) is 3.30. The van der Waals surface area contributed by atoms with E-state index in [4.69, 9.17) is 26.8 Å². The lowest BCUT2D eigenvalue weighted by Crippen LogP contribution is -2.00. The van der Waals surface area contributed by atoms with Crippen molar-refractivity contribution in [3.05, 3.63) is 35.6 Å². The second-order valence-corrected chi connectivity index (χ2v) is 3.59. The molecule has 2 rings (SSSR count). The van der Waals surface area contributed by atoms with Gasteiger partial charge in [-0.3, -0.25) is 0 Å². The molecule has 0 aliphatic carbocycles. The summed E-state index contributed by atoms with van der Waals surface area (Å²) in [5.41, 5.74) is 5.63. The number of nitrogen functional groups attached to an aromatic ring is 1. The maximum atomic E-state index is 5.85. The van der Waals surface area contributed by atoms with Crippen molar-refractivity contribution in [2.75, 3.05) is 12.8 Å². The zero-order valence-corrected chi connectivity index (χ0v) is 9.81. The molecular weight excluding hydrogens is 242 g/mol. The molecule has 0 aliphatic rings. The zero-order valence-electron chi connectivity index (χ0n) is 9.05. The van der Waals surface area contributed by atoms with Gasteiger partial charge >= 0.3 is 0 Å². The third kappa shape index (κ3) is 2.57. The van der Waals surface area contributed by atoms with Gasteiger partial charge in [0.05, 0.1) is 7.11 Å². The third-order valence-corrected chi connectivity index (χ3v) is 2.25. The molecule has 0 radical (unpaired) electrons. The summed E-state index contributed by atoms with van der Waals surface area (Å²) in [5.74, 6) is 1.32. The highest BCUT2D eigenvalue weighted by molar-refractivity contribution is 6.30. The first-order valence-corrected chi connectivity index (χ1v) is 5.16. The number of nitrogens with zero attached hydrogens (tertiary/aromatic N) is 2. The maximum absolute atomic E-state index is 5.85. The van der Waals surface area contributed by atoms with E-state index in [1.165, 1.54) is 13.4 Å². The van der Waals surface area contributed by atoms with Gasteiger partial charge in [0.15, 0.2) is 5.82 Å². The van der Waals surface area contributed by atoms with Gasteiger partial charge in [0.25, 0.3) is 5.88 Å². The first-order chi connectivity index (χ1) is 8.20. The summed E-state index contributed by atoms with van der Waals surface area (Å²) < 4.78 is 10.6. The zero-order chi connectivity index (χ0) is 12.3. The van der Waals surface area contributed by atoms with E-state index in [1.54, 1.807) is 24.3 Å². The maximum Gasteiger partial charge on any atom is 0.268 e. The van der Waals surface area contributed by atoms with E-state index in [9.17, 15) is 0 Å². The number of methoxy groups -OCH3 is 1. The molecule has 0 aliphatic heterocycles. The first-order valence-electron chi connectivity index (χ1n) is 4.78. The predicted octanol–water partition coefficient (Wildman–Crippen LogP) is 2.51. The average molecular weight is 252 g/mol. The summed E-state index contributed by atoms with van der Waals surface area (Å²) in [7, 11) is 1.47. The topological polar surface area (TPSA) is 70.3 Å². The quantitative estimate of drug-likeness (QED) is 0.908. The fourth-order valence-electron chi connectivity index (χ4n) is 1.28. The normalized spacial score (nSPS) is 10.0. The van der Waals surface area contributed by atoms with E-state index >= 15 is 0 Å². The molecule has 0 bridgehead atoms. The molecular formula is C11H10ClN3O2. The molecule has 0 spiro atoms. The second-order valence-electron chi connectivity index (χ2n) is 3.16. The van der Waals surface area contributed by atoms with Gasteiger partial charge in [-0.05, 0) is 18.2 Å². The van der Waals surface area contributed by atoms with Crippen LogP contribution in [0.4, 0.5) is 5.82 Å². The van der Waals surface area contributed by atoms with Gasteiger partial charge in [-0.25, -0.2) is 4.98 Å². The smallest absolute Gasteiger partial charge is 0.268 e. The predicted molar refractivity (Wildman–Crippen MR) is 64.5 cm³/mol. The summed E-state index contributed by atoms with van der Waals surface area (Å²) in [6.07, 6.45) is 1.30. The third-order valence-electron chi connectivity index (χ3n) is 2.01. The SMILES string of the molecule is COc1c(N)ncnc1Oc1cccc(Cl)c1. The van der Waals surface area contributed by atoms with Crippen LogP contribution in [0.3, 0.4) is 0 Å². The lowest BCUT2D eigenvalue weighted by atomic mass is 10.3. The van der Waals surface area contributed by atoms with Crippen molar-refractivity contribution < 1.29 is 9.47 Å². The van der Waals surface area contributed by atoms with E-state index in [0.29, 0.717) is 16.5 Å². The number of benzene rings is 1. The van der Waals surface area contributed by atoms with Crippen LogP contribution in [0, 0.1) is 0 Å². The minimum atomic E-state index is 0.222. The molecule has 5 nitrogen and oxygen atoms in total. The molecule has 0 amide bonds. The molecule has 1 aromatic carbocycles. The van der Waals surface area contributed by atoms with Crippen LogP contribution in [-0.2, 0) is 0 Å². The van der Waals surface area contributed by atoms with Gasteiger partial charge in [-0.1, -0.05) is 17.7 Å². The van der Waals surface area contributed by atoms with Crippen molar-refractivity contribution in [3.8, 4) is 17.4 Å². The minimum Gasteiger partial charge on any atom is -0.489 e. The van der Waals surface area contributed by atoms with E-state index < -0.39 is 0 Å². The van der Waals surface area contributed by atoms with Crippen molar-refractivity contribution in [3.63, 3.8) is 0 Å². The number of rotatable bonds is 3. The van der Waals surface area contributed by atoms with Crippen molar-refractivity contribution >= 4 is 17.4 Å². The van der Waals surface area contributed by atoms with E-state index in [-0.39, 0.29) is 11.7 Å². The Morgan fingerprint density at radius 1 is 1.29 bits per heavy atom. The number of aromatic nitrogens is 2. The summed E-state index contributed by atoms with van der Waals surface area (Å²) in [6, 6.07) is 6.94. The van der Waals surface area contributed by atoms with Gasteiger partial charge in [0.1, 0.15) is 12.1 Å². The van der Waals surface area contributed by atoms with Crippen LogP contribution in [0.5, 0.6) is 17.4 Å². The Labute approximate surface area is 103 Å². The van der Waals surface area contributed by atoms with Gasteiger partial charge in [-0.2, -0.15) is 4.98 Å². The van der Waals surface area contributed by atoms with Crippen molar-refractivity contribution in [1.82, 2.24) is 9.97 Å². The second kappa shape index (κ2) is 4.88. The number of anilines is 1. The summed E-state index contributed by atoms with van der Waals surface area (Å²) in [4.78, 5) is 7.76. The molecule has 0 saturated heterocycles. The molecule has 1 aromatic heterocycles. The molecule has 0 atom stereocenters. The van der Waals surface area contributed by atoms with Crippen LogP contribution >= 0.6 is 11.6 Å². The molecule has 2 aromatic rings. The lowest BCUT2D eigenvalue weighted by Gasteiger charge is -2.09. The largest absolute Gasteiger partial charge is 0.489 e. The Morgan fingerprint density at radius 2 is 2.12 bits per heavy atom. The van der Waals surface area contributed by atoms with Crippen LogP contribution in [0.2, 0.25) is 5.02 Å². The molecule has 17 heavy (non-hydrogen) atoms. The van der Waals surface area contributed by atoms with Gasteiger partial charge in [-0.15, -0.1) is 0 Å². The van der Waals surface area contributed by atoms with Gasteiger partial charge < -0.3 is 15.2 Å². The molecule has 88 valence electrons. The highest BCUT2D eigenvalue weighted by Crippen LogP contribution is 2.32. The standard InChI is InChI=1S/C11H10ClN3O2/c1-16-9-10(13)14-6-15-11(9)17-8-4-2-3-7(12)5-8/h2-6H,1H3,(H2,13,14,15). The molecule has 0 unspecified atom stereocenters. The fourth-order valence-corrected chi connectivity index (χ4v) is 1.46. The fraction of sp³-hybridized carbons (Fsp3) is 0.0909. The Hall–Kier alpha value is -2.01. The van der Waals surface area contributed by atoms with Crippen molar-refractivity contribution in [2.24, 2.45) is 0 Å². The Bertz CT molecular complexity index is 534. The van der Waals surface area contributed by atoms with Gasteiger partial charge in [0.2, 0.25) is 5.75 Å². The van der Waals surface area contributed by atoms with E-state index in [1.807, 2.05) is 0 Å². The first kappa shape index (κ1) is 11.5. The summed E-state index contributed by atoms with van der Waals surface area (Å²) >= 11 is 5.85. The highest BCUT2D eigenvalue weighted by Gasteiger charge is 2.11. The monoisotopic (exact) mass is 251 g/mol. The number of nitrogens with two attached hydrogens (primary N) is 1. The highest BCUT2D eigenvalue weighted by atomic mass is 35.5. The van der Waals surface area contributed by atoms with E-state index in [2.05, 4.69) is 9.97 Å². The van der Waals surface area contributed by atoms with Crippen LogP contribution in [-0.4, -0.2) is 17.1 Å². The van der Waals surface area contributed by atoms with Crippen LogP contribution in [0.1, 0.15) is 0 Å². The molecule has 6 heteroatoms. The molecule has 0 fully saturated rings. The Balaban J connectivity index is 2.33. The Morgan fingerprint density at radius 3 is 2.82 bits per heavy atom. The molecule has 0 saturated carbocycles. The van der Waals surface area contributed by atoms with Crippen molar-refractivity contribution in [1.29, 1.82) is 0 Å². The summed E-state index contributed by atoms with van der Waals surface area (Å²) in [6.45, 7) is 0. The number of halogens is 1. The minimum absolute atomic E-state index is 0.222. The summed E-state index contributed by atoms with van der Waals surface area (Å²) in [5, 5.41) is 0.573. The lowest BCUT2D eigenvalue weighted by molar-refractivity contribution is 0.369.